The summed E-state index contributed by atoms with van der Waals surface area (Å²) >= 11 is 5.56. The van der Waals surface area contributed by atoms with Gasteiger partial charge in [0.1, 0.15) is 0 Å². The van der Waals surface area contributed by atoms with Crippen molar-refractivity contribution in [1.29, 1.82) is 0 Å². The van der Waals surface area contributed by atoms with Gasteiger partial charge >= 0.3 is 0 Å². The summed E-state index contributed by atoms with van der Waals surface area (Å²) < 4.78 is 0. The van der Waals surface area contributed by atoms with Crippen LogP contribution in [-0.2, 0) is 0 Å². The van der Waals surface area contributed by atoms with Crippen molar-refractivity contribution in [2.24, 2.45) is 0 Å². The van der Waals surface area contributed by atoms with Crippen LogP contribution in [-0.4, -0.2) is 41.6 Å². The Labute approximate surface area is 74.2 Å². The Bertz CT molecular complexity index is 88.2. The molecule has 0 rings (SSSR count). The number of hydrogen-bond acceptors (Lipinski definition) is 2. The minimum absolute atomic E-state index is 0.237. The van der Waals surface area contributed by atoms with E-state index in [1.54, 1.807) is 0 Å². The predicted octanol–water partition coefficient (Wildman–Crippen LogP) is 1.32. The molecular weight excluding hydrogens is 162 g/mol. The van der Waals surface area contributed by atoms with Crippen molar-refractivity contribution in [3.63, 3.8) is 0 Å². The van der Waals surface area contributed by atoms with E-state index >= 15 is 0 Å². The van der Waals surface area contributed by atoms with Crippen LogP contribution in [0.25, 0.3) is 0 Å². The van der Waals surface area contributed by atoms with Gasteiger partial charge in [-0.1, -0.05) is 0 Å². The van der Waals surface area contributed by atoms with Gasteiger partial charge in [0.2, 0.25) is 0 Å². The third kappa shape index (κ3) is 5.48. The van der Waals surface area contributed by atoms with E-state index in [-0.39, 0.29) is 6.61 Å². The molecule has 0 aromatic rings. The maximum atomic E-state index is 8.71. The van der Waals surface area contributed by atoms with E-state index in [2.05, 4.69) is 18.7 Å². The van der Waals surface area contributed by atoms with Gasteiger partial charge in [-0.25, -0.2) is 0 Å². The first-order chi connectivity index (χ1) is 5.22. The van der Waals surface area contributed by atoms with Gasteiger partial charge in [-0.05, 0) is 26.8 Å². The largest absolute Gasteiger partial charge is 0.395 e. The fourth-order valence-electron chi connectivity index (χ4n) is 1.02. The molecule has 0 saturated heterocycles. The Balaban J connectivity index is 3.51. The third-order valence-corrected chi connectivity index (χ3v) is 1.96. The van der Waals surface area contributed by atoms with Gasteiger partial charge in [-0.15, -0.1) is 11.6 Å². The van der Waals surface area contributed by atoms with Crippen molar-refractivity contribution in [3.8, 4) is 0 Å². The quantitative estimate of drug-likeness (QED) is 0.622. The lowest BCUT2D eigenvalue weighted by Gasteiger charge is -2.24. The first-order valence-electron chi connectivity index (χ1n) is 4.13. The standard InChI is InChI=1S/C8H18ClNO/c1-8(2)10(6-7-11)5-3-4-9/h8,11H,3-7H2,1-2H3. The Morgan fingerprint density at radius 1 is 1.36 bits per heavy atom. The van der Waals surface area contributed by atoms with Crippen LogP contribution in [0.1, 0.15) is 20.3 Å². The molecule has 0 unspecified atom stereocenters. The van der Waals surface area contributed by atoms with E-state index in [1.807, 2.05) is 0 Å². The summed E-state index contributed by atoms with van der Waals surface area (Å²) in [5.41, 5.74) is 0. The van der Waals surface area contributed by atoms with Crippen LogP contribution in [0.15, 0.2) is 0 Å². The Hall–Kier alpha value is 0.210. The number of halogens is 1. The molecule has 3 heteroatoms. The molecule has 1 N–H and O–H groups in total. The average Bonchev–Trinajstić information content (AvgIpc) is 1.97. The molecule has 0 aliphatic rings. The number of hydrogen-bond donors (Lipinski definition) is 1. The molecule has 0 heterocycles. The number of alkyl halides is 1. The summed E-state index contributed by atoms with van der Waals surface area (Å²) in [6, 6.07) is 0.505. The highest BCUT2D eigenvalue weighted by Gasteiger charge is 2.06. The van der Waals surface area contributed by atoms with E-state index in [0.29, 0.717) is 11.9 Å². The molecule has 0 saturated carbocycles. The Morgan fingerprint density at radius 2 is 2.00 bits per heavy atom. The molecule has 68 valence electrons. The van der Waals surface area contributed by atoms with E-state index in [4.69, 9.17) is 16.7 Å². The van der Waals surface area contributed by atoms with Crippen LogP contribution in [0.3, 0.4) is 0 Å². The van der Waals surface area contributed by atoms with Gasteiger partial charge < -0.3 is 5.11 Å². The van der Waals surface area contributed by atoms with Gasteiger partial charge in [0.15, 0.2) is 0 Å². The molecule has 11 heavy (non-hydrogen) atoms. The van der Waals surface area contributed by atoms with Crippen molar-refractivity contribution in [3.05, 3.63) is 0 Å². The zero-order chi connectivity index (χ0) is 8.69. The van der Waals surface area contributed by atoms with Crippen molar-refractivity contribution < 1.29 is 5.11 Å². The number of nitrogens with zero attached hydrogens (tertiary/aromatic N) is 1. The first-order valence-corrected chi connectivity index (χ1v) is 4.66. The van der Waals surface area contributed by atoms with Crippen molar-refractivity contribution >= 4 is 11.6 Å². The second-order valence-corrected chi connectivity index (χ2v) is 3.27. The molecule has 0 aliphatic heterocycles. The highest BCUT2D eigenvalue weighted by atomic mass is 35.5. The fraction of sp³-hybridized carbons (Fsp3) is 1.00. The topological polar surface area (TPSA) is 23.5 Å². The summed E-state index contributed by atoms with van der Waals surface area (Å²) in [5.74, 6) is 0.703. The van der Waals surface area contributed by atoms with Crippen LogP contribution in [0, 0.1) is 0 Å². The SMILES string of the molecule is CC(C)N(CCO)CCCCl. The normalized spacial score (nSPS) is 11.5. The van der Waals surface area contributed by atoms with Gasteiger partial charge in [0.05, 0.1) is 6.61 Å². The van der Waals surface area contributed by atoms with Crippen molar-refractivity contribution in [2.75, 3.05) is 25.6 Å². The predicted molar refractivity (Wildman–Crippen MR) is 49.1 cm³/mol. The number of rotatable bonds is 6. The van der Waals surface area contributed by atoms with Crippen LogP contribution < -0.4 is 0 Å². The molecule has 0 fully saturated rings. The molecule has 0 bridgehead atoms. The van der Waals surface area contributed by atoms with Crippen LogP contribution in [0.2, 0.25) is 0 Å². The Kier molecular flexibility index (Phi) is 7.02. The smallest absolute Gasteiger partial charge is 0.0558 e. The average molecular weight is 180 g/mol. The number of aliphatic hydroxyl groups is 1. The van der Waals surface area contributed by atoms with E-state index < -0.39 is 0 Å². The fourth-order valence-corrected chi connectivity index (χ4v) is 1.14. The molecular formula is C8H18ClNO. The second kappa shape index (κ2) is 6.89. The summed E-state index contributed by atoms with van der Waals surface area (Å²) in [7, 11) is 0. The van der Waals surface area contributed by atoms with Crippen LogP contribution in [0.5, 0.6) is 0 Å². The molecule has 0 radical (unpaired) electrons. The Morgan fingerprint density at radius 3 is 2.36 bits per heavy atom. The van der Waals surface area contributed by atoms with Crippen molar-refractivity contribution in [2.45, 2.75) is 26.3 Å². The highest BCUT2D eigenvalue weighted by Crippen LogP contribution is 1.99. The molecule has 0 atom stereocenters. The summed E-state index contributed by atoms with van der Waals surface area (Å²) in [5, 5.41) is 8.71. The van der Waals surface area contributed by atoms with Gasteiger partial charge in [0.25, 0.3) is 0 Å². The lowest BCUT2D eigenvalue weighted by molar-refractivity contribution is 0.166. The zero-order valence-corrected chi connectivity index (χ0v) is 8.14. The first kappa shape index (κ1) is 11.2. The van der Waals surface area contributed by atoms with E-state index in [0.717, 1.165) is 19.5 Å². The maximum absolute atomic E-state index is 8.71. The third-order valence-electron chi connectivity index (χ3n) is 1.70. The van der Waals surface area contributed by atoms with Crippen LogP contribution in [0.4, 0.5) is 0 Å². The summed E-state index contributed by atoms with van der Waals surface area (Å²) in [6.45, 7) is 6.24. The lowest BCUT2D eigenvalue weighted by Crippen LogP contribution is -2.34. The van der Waals surface area contributed by atoms with E-state index in [9.17, 15) is 0 Å². The zero-order valence-electron chi connectivity index (χ0n) is 7.39. The minimum Gasteiger partial charge on any atom is -0.395 e. The van der Waals surface area contributed by atoms with Gasteiger partial charge in [-0.2, -0.15) is 0 Å². The monoisotopic (exact) mass is 179 g/mol. The maximum Gasteiger partial charge on any atom is 0.0558 e. The molecule has 2 nitrogen and oxygen atoms in total. The molecule has 0 aromatic carbocycles. The highest BCUT2D eigenvalue weighted by molar-refractivity contribution is 6.17. The summed E-state index contributed by atoms with van der Waals surface area (Å²) in [4.78, 5) is 2.22. The molecule has 0 aromatic heterocycles. The van der Waals surface area contributed by atoms with E-state index in [1.165, 1.54) is 0 Å². The molecule has 0 amide bonds. The summed E-state index contributed by atoms with van der Waals surface area (Å²) in [6.07, 6.45) is 1.000. The second-order valence-electron chi connectivity index (χ2n) is 2.90. The lowest BCUT2D eigenvalue weighted by atomic mass is 10.3. The van der Waals surface area contributed by atoms with Gasteiger partial charge in [-0.3, -0.25) is 4.90 Å². The van der Waals surface area contributed by atoms with Crippen molar-refractivity contribution in [1.82, 2.24) is 4.90 Å². The minimum atomic E-state index is 0.237. The van der Waals surface area contributed by atoms with Gasteiger partial charge in [0, 0.05) is 18.5 Å². The number of aliphatic hydroxyl groups excluding tert-OH is 1. The molecule has 0 spiro atoms. The molecule has 0 aliphatic carbocycles. The van der Waals surface area contributed by atoms with Crippen LogP contribution >= 0.6 is 11.6 Å².